The van der Waals surface area contributed by atoms with Gasteiger partial charge in [0, 0.05) is 45.8 Å². The number of piperazine rings is 1. The van der Waals surface area contributed by atoms with Crippen LogP contribution in [0.2, 0.25) is 0 Å². The minimum Gasteiger partial charge on any atom is -0.484 e. The third kappa shape index (κ3) is 11.8. The number of nitrogens with zero attached hydrogens (tertiary/aromatic N) is 3. The maximum absolute atomic E-state index is 12.2. The smallest absolute Gasteiger partial charge is 0.422 e. The van der Waals surface area contributed by atoms with Crippen LogP contribution in [0.4, 0.5) is 13.2 Å². The molecule has 1 unspecified atom stereocenters. The molecule has 1 aliphatic rings. The fourth-order valence-electron chi connectivity index (χ4n) is 3.18. The predicted molar refractivity (Wildman–Crippen MR) is 129 cm³/mol. The Balaban J connectivity index is 0.00000480. The first-order valence-electron chi connectivity index (χ1n) is 10.5. The molecule has 1 saturated heterocycles. The quantitative estimate of drug-likeness (QED) is 0.278. The van der Waals surface area contributed by atoms with Gasteiger partial charge in [0.05, 0.1) is 6.54 Å². The lowest BCUT2D eigenvalue weighted by Gasteiger charge is -2.34. The van der Waals surface area contributed by atoms with Crippen LogP contribution in [0.5, 0.6) is 5.75 Å². The molecule has 1 aliphatic heterocycles. The number of ether oxygens (including phenoxy) is 1. The van der Waals surface area contributed by atoms with E-state index in [2.05, 4.69) is 39.4 Å². The van der Waals surface area contributed by atoms with E-state index < -0.39 is 12.8 Å². The normalized spacial score (nSPS) is 17.0. The third-order valence-electron chi connectivity index (χ3n) is 4.87. The lowest BCUT2D eigenvalue weighted by atomic mass is 10.1. The van der Waals surface area contributed by atoms with Crippen molar-refractivity contribution in [3.63, 3.8) is 0 Å². The average molecular weight is 557 g/mol. The van der Waals surface area contributed by atoms with Crippen LogP contribution in [0.3, 0.4) is 0 Å². The Hall–Kier alpha value is -1.27. The van der Waals surface area contributed by atoms with Gasteiger partial charge < -0.3 is 25.2 Å². The van der Waals surface area contributed by atoms with Gasteiger partial charge in [0.2, 0.25) is 0 Å². The summed E-state index contributed by atoms with van der Waals surface area (Å²) in [5.74, 6) is 1.42. The van der Waals surface area contributed by atoms with Crippen molar-refractivity contribution in [1.29, 1.82) is 0 Å². The van der Waals surface area contributed by atoms with E-state index in [1.807, 2.05) is 6.92 Å². The standard InChI is InChI=1S/C21H34F3N5O.HI/c1-4-25-20(26-13-17(2)15-29-11-9-28(3)10-12-29)27-14-18-5-7-19(8-6-18)30-16-21(22,23)24;/h5-8,17H,4,9-16H2,1-3H3,(H2,25,26,27);1H. The molecule has 1 heterocycles. The van der Waals surface area contributed by atoms with Crippen molar-refractivity contribution >= 4 is 29.9 Å². The molecule has 10 heteroatoms. The highest BCUT2D eigenvalue weighted by atomic mass is 127. The van der Waals surface area contributed by atoms with Crippen LogP contribution < -0.4 is 15.4 Å². The molecule has 0 aliphatic carbocycles. The molecule has 1 aromatic rings. The second kappa shape index (κ2) is 14.0. The molecular weight excluding hydrogens is 522 g/mol. The molecule has 0 radical (unpaired) electrons. The van der Waals surface area contributed by atoms with Crippen molar-refractivity contribution in [3.05, 3.63) is 29.8 Å². The fourth-order valence-corrected chi connectivity index (χ4v) is 3.18. The predicted octanol–water partition coefficient (Wildman–Crippen LogP) is 3.18. The monoisotopic (exact) mass is 557 g/mol. The Morgan fingerprint density at radius 2 is 1.77 bits per heavy atom. The number of hydrogen-bond acceptors (Lipinski definition) is 4. The molecule has 0 amide bonds. The van der Waals surface area contributed by atoms with Gasteiger partial charge in [-0.2, -0.15) is 13.2 Å². The highest BCUT2D eigenvalue weighted by Gasteiger charge is 2.28. The summed E-state index contributed by atoms with van der Waals surface area (Å²) >= 11 is 0. The fraction of sp³-hybridized carbons (Fsp3) is 0.667. The summed E-state index contributed by atoms with van der Waals surface area (Å²) in [5.41, 5.74) is 0.900. The minimum absolute atomic E-state index is 0. The van der Waals surface area contributed by atoms with Crippen molar-refractivity contribution < 1.29 is 17.9 Å². The number of hydrogen-bond donors (Lipinski definition) is 2. The van der Waals surface area contributed by atoms with E-state index >= 15 is 0 Å². The summed E-state index contributed by atoms with van der Waals surface area (Å²) in [6, 6.07) is 6.54. The molecule has 178 valence electrons. The molecule has 2 N–H and O–H groups in total. The van der Waals surface area contributed by atoms with Crippen LogP contribution in [-0.4, -0.2) is 81.4 Å². The Morgan fingerprint density at radius 1 is 1.13 bits per heavy atom. The zero-order chi connectivity index (χ0) is 22.0. The summed E-state index contributed by atoms with van der Waals surface area (Å²) in [5, 5.41) is 6.62. The molecule has 2 rings (SSSR count). The molecule has 1 fully saturated rings. The van der Waals surface area contributed by atoms with Gasteiger partial charge in [-0.3, -0.25) is 0 Å². The maximum Gasteiger partial charge on any atom is 0.422 e. The second-order valence-electron chi connectivity index (χ2n) is 7.83. The number of rotatable bonds is 9. The average Bonchev–Trinajstić information content (AvgIpc) is 2.70. The van der Waals surface area contributed by atoms with Crippen molar-refractivity contribution in [1.82, 2.24) is 20.4 Å². The van der Waals surface area contributed by atoms with Crippen molar-refractivity contribution in [2.24, 2.45) is 10.9 Å². The van der Waals surface area contributed by atoms with Crippen LogP contribution in [0.25, 0.3) is 0 Å². The van der Waals surface area contributed by atoms with Gasteiger partial charge in [0.25, 0.3) is 0 Å². The topological polar surface area (TPSA) is 52.1 Å². The number of aliphatic imine (C=N–C) groups is 1. The van der Waals surface area contributed by atoms with Crippen LogP contribution >= 0.6 is 24.0 Å². The van der Waals surface area contributed by atoms with Crippen LogP contribution in [0, 0.1) is 5.92 Å². The van der Waals surface area contributed by atoms with Crippen molar-refractivity contribution in [3.8, 4) is 5.75 Å². The van der Waals surface area contributed by atoms with E-state index in [1.165, 1.54) is 12.1 Å². The zero-order valence-corrected chi connectivity index (χ0v) is 20.9. The Kier molecular flexibility index (Phi) is 12.5. The van der Waals surface area contributed by atoms with Crippen molar-refractivity contribution in [2.45, 2.75) is 26.6 Å². The van der Waals surface area contributed by atoms with Gasteiger partial charge in [-0.1, -0.05) is 19.1 Å². The lowest BCUT2D eigenvalue weighted by Crippen LogP contribution is -2.47. The van der Waals surface area contributed by atoms with Gasteiger partial charge in [-0.15, -0.1) is 24.0 Å². The summed E-state index contributed by atoms with van der Waals surface area (Å²) in [4.78, 5) is 9.43. The SMILES string of the molecule is CCNC(=NCc1ccc(OCC(F)(F)F)cc1)NCC(C)CN1CCN(C)CC1.I. The largest absolute Gasteiger partial charge is 0.484 e. The Labute approximate surface area is 200 Å². The number of alkyl halides is 3. The maximum atomic E-state index is 12.2. The summed E-state index contributed by atoms with van der Waals surface area (Å²) in [6.07, 6.45) is -4.34. The number of benzene rings is 1. The summed E-state index contributed by atoms with van der Waals surface area (Å²) in [6.45, 7) is 10.5. The molecule has 1 atom stereocenters. The van der Waals surface area contributed by atoms with Gasteiger partial charge in [-0.05, 0) is 37.6 Å². The molecule has 6 nitrogen and oxygen atoms in total. The molecular formula is C21H35F3IN5O. The van der Waals surface area contributed by atoms with Crippen LogP contribution in [0.15, 0.2) is 29.3 Å². The first kappa shape index (κ1) is 27.8. The first-order valence-corrected chi connectivity index (χ1v) is 10.5. The molecule has 0 bridgehead atoms. The van der Waals surface area contributed by atoms with Crippen LogP contribution in [0.1, 0.15) is 19.4 Å². The van der Waals surface area contributed by atoms with Gasteiger partial charge >= 0.3 is 6.18 Å². The number of nitrogens with one attached hydrogen (secondary N) is 2. The zero-order valence-electron chi connectivity index (χ0n) is 18.5. The van der Waals surface area contributed by atoms with E-state index in [4.69, 9.17) is 4.74 Å². The number of halogens is 4. The molecule has 0 saturated carbocycles. The lowest BCUT2D eigenvalue weighted by molar-refractivity contribution is -0.153. The Bertz CT molecular complexity index is 649. The first-order chi connectivity index (χ1) is 14.2. The van der Waals surface area contributed by atoms with Crippen molar-refractivity contribution in [2.75, 3.05) is 59.5 Å². The highest BCUT2D eigenvalue weighted by molar-refractivity contribution is 14.0. The van der Waals surface area contributed by atoms with Gasteiger partial charge in [0.15, 0.2) is 12.6 Å². The van der Waals surface area contributed by atoms with Gasteiger partial charge in [-0.25, -0.2) is 4.99 Å². The molecule has 0 aromatic heterocycles. The summed E-state index contributed by atoms with van der Waals surface area (Å²) in [7, 11) is 2.16. The van der Waals surface area contributed by atoms with Gasteiger partial charge in [0.1, 0.15) is 5.75 Å². The molecule has 31 heavy (non-hydrogen) atoms. The second-order valence-corrected chi connectivity index (χ2v) is 7.83. The van der Waals surface area contributed by atoms with E-state index in [9.17, 15) is 13.2 Å². The minimum atomic E-state index is -4.34. The van der Waals surface area contributed by atoms with E-state index in [0.29, 0.717) is 12.5 Å². The third-order valence-corrected chi connectivity index (χ3v) is 4.87. The van der Waals surface area contributed by atoms with E-state index in [0.717, 1.165) is 57.3 Å². The Morgan fingerprint density at radius 3 is 2.35 bits per heavy atom. The van der Waals surface area contributed by atoms with E-state index in [-0.39, 0.29) is 29.7 Å². The highest BCUT2D eigenvalue weighted by Crippen LogP contribution is 2.19. The molecule has 1 aromatic carbocycles. The van der Waals surface area contributed by atoms with Crippen LogP contribution in [-0.2, 0) is 6.54 Å². The molecule has 0 spiro atoms. The number of guanidine groups is 1. The summed E-state index contributed by atoms with van der Waals surface area (Å²) < 4.78 is 41.4. The number of likely N-dealkylation sites (N-methyl/N-ethyl adjacent to an activating group) is 1. The van der Waals surface area contributed by atoms with E-state index in [1.54, 1.807) is 12.1 Å².